The molecule has 0 aromatic carbocycles. The predicted molar refractivity (Wildman–Crippen MR) is 79.2 cm³/mol. The molecule has 1 saturated heterocycles. The summed E-state index contributed by atoms with van der Waals surface area (Å²) in [4.78, 5) is 2.94. The zero-order chi connectivity index (χ0) is 12.9. The number of nitrogens with one attached hydrogen (secondary N) is 1. The lowest BCUT2D eigenvalue weighted by Gasteiger charge is -2.61. The standard InChI is InChI=1S/C17H30N2/c1-2-3-16-12-19(5-4-18-16)17-9-13-6-14(10-17)8-15(7-13)11-17/h13-16,18H,2-12H2,1H3. The molecule has 0 aromatic rings. The number of hydrogen-bond donors (Lipinski definition) is 1. The number of piperazine rings is 1. The molecule has 0 aromatic heterocycles. The Morgan fingerprint density at radius 2 is 1.68 bits per heavy atom. The molecule has 0 spiro atoms. The zero-order valence-corrected chi connectivity index (χ0v) is 12.5. The minimum atomic E-state index is 0.642. The van der Waals surface area contributed by atoms with Crippen LogP contribution in [0.1, 0.15) is 58.3 Å². The van der Waals surface area contributed by atoms with E-state index in [2.05, 4.69) is 17.1 Å². The molecule has 4 aliphatic carbocycles. The van der Waals surface area contributed by atoms with Crippen molar-refractivity contribution in [2.75, 3.05) is 19.6 Å². The maximum atomic E-state index is 3.74. The van der Waals surface area contributed by atoms with Gasteiger partial charge in [-0.25, -0.2) is 0 Å². The number of nitrogens with zero attached hydrogens (tertiary/aromatic N) is 1. The Morgan fingerprint density at radius 1 is 1.05 bits per heavy atom. The third-order valence-electron chi connectivity index (χ3n) is 6.57. The first-order chi connectivity index (χ1) is 9.27. The highest BCUT2D eigenvalue weighted by Crippen LogP contribution is 2.57. The van der Waals surface area contributed by atoms with E-state index in [1.807, 2.05) is 0 Å². The smallest absolute Gasteiger partial charge is 0.0218 e. The van der Waals surface area contributed by atoms with Gasteiger partial charge in [-0.1, -0.05) is 13.3 Å². The normalized spacial score (nSPS) is 49.7. The van der Waals surface area contributed by atoms with Crippen LogP contribution in [0.5, 0.6) is 0 Å². The van der Waals surface area contributed by atoms with Crippen LogP contribution in [0.3, 0.4) is 0 Å². The Balaban J connectivity index is 1.51. The van der Waals surface area contributed by atoms with Crippen LogP contribution in [-0.4, -0.2) is 36.1 Å². The van der Waals surface area contributed by atoms with Crippen molar-refractivity contribution in [1.29, 1.82) is 0 Å². The Kier molecular flexibility index (Phi) is 3.15. The van der Waals surface area contributed by atoms with Crippen LogP contribution in [0.2, 0.25) is 0 Å². The van der Waals surface area contributed by atoms with Gasteiger partial charge in [-0.15, -0.1) is 0 Å². The van der Waals surface area contributed by atoms with Gasteiger partial charge < -0.3 is 5.32 Å². The molecule has 1 unspecified atom stereocenters. The maximum absolute atomic E-state index is 3.74. The summed E-state index contributed by atoms with van der Waals surface area (Å²) >= 11 is 0. The summed E-state index contributed by atoms with van der Waals surface area (Å²) in [5.74, 6) is 3.27. The molecule has 108 valence electrons. The van der Waals surface area contributed by atoms with Gasteiger partial charge in [-0.05, 0) is 62.7 Å². The van der Waals surface area contributed by atoms with E-state index in [4.69, 9.17) is 0 Å². The molecule has 5 rings (SSSR count). The monoisotopic (exact) mass is 262 g/mol. The maximum Gasteiger partial charge on any atom is 0.0218 e. The van der Waals surface area contributed by atoms with Crippen LogP contribution in [-0.2, 0) is 0 Å². The lowest BCUT2D eigenvalue weighted by molar-refractivity contribution is -0.0968. The molecule has 5 fully saturated rings. The molecule has 4 saturated carbocycles. The van der Waals surface area contributed by atoms with E-state index in [1.165, 1.54) is 32.5 Å². The first-order valence-corrected chi connectivity index (χ1v) is 8.76. The highest BCUT2D eigenvalue weighted by atomic mass is 15.3. The highest BCUT2D eigenvalue weighted by Gasteiger charge is 2.53. The third kappa shape index (κ3) is 2.15. The summed E-state index contributed by atoms with van der Waals surface area (Å²) < 4.78 is 0. The largest absolute Gasteiger partial charge is 0.311 e. The van der Waals surface area contributed by atoms with Crippen molar-refractivity contribution in [2.24, 2.45) is 17.8 Å². The van der Waals surface area contributed by atoms with Gasteiger partial charge in [-0.2, -0.15) is 0 Å². The summed E-state index contributed by atoms with van der Waals surface area (Å²) in [5, 5.41) is 3.74. The molecular formula is C17H30N2. The summed E-state index contributed by atoms with van der Waals surface area (Å²) in [6, 6.07) is 0.770. The van der Waals surface area contributed by atoms with Crippen LogP contribution in [0.25, 0.3) is 0 Å². The van der Waals surface area contributed by atoms with Gasteiger partial charge in [0.25, 0.3) is 0 Å². The molecule has 4 bridgehead atoms. The second kappa shape index (κ2) is 4.73. The molecule has 5 aliphatic rings. The van der Waals surface area contributed by atoms with Crippen LogP contribution < -0.4 is 5.32 Å². The van der Waals surface area contributed by atoms with E-state index in [0.717, 1.165) is 23.8 Å². The fraction of sp³-hybridized carbons (Fsp3) is 1.00. The van der Waals surface area contributed by atoms with Gasteiger partial charge in [0.05, 0.1) is 0 Å². The van der Waals surface area contributed by atoms with Gasteiger partial charge in [0.2, 0.25) is 0 Å². The minimum absolute atomic E-state index is 0.642. The number of hydrogen-bond acceptors (Lipinski definition) is 2. The fourth-order valence-electron chi connectivity index (χ4n) is 6.25. The number of rotatable bonds is 3. The summed E-state index contributed by atoms with van der Waals surface area (Å²) in [7, 11) is 0. The first-order valence-electron chi connectivity index (χ1n) is 8.76. The summed E-state index contributed by atoms with van der Waals surface area (Å²) in [6.45, 7) is 6.20. The van der Waals surface area contributed by atoms with Gasteiger partial charge in [0.15, 0.2) is 0 Å². The third-order valence-corrected chi connectivity index (χ3v) is 6.57. The molecule has 0 amide bonds. The SMILES string of the molecule is CCCC1CN(C23CC4CC(CC(C4)C2)C3)CCN1. The molecule has 0 radical (unpaired) electrons. The second-order valence-corrected chi connectivity index (χ2v) is 8.03. The van der Waals surface area contributed by atoms with Crippen molar-refractivity contribution in [3.8, 4) is 0 Å². The molecule has 2 nitrogen and oxygen atoms in total. The Hall–Kier alpha value is -0.0800. The average Bonchev–Trinajstić information content (AvgIpc) is 2.38. The van der Waals surface area contributed by atoms with E-state index in [-0.39, 0.29) is 0 Å². The summed E-state index contributed by atoms with van der Waals surface area (Å²) in [6.07, 6.45) is 12.0. The first kappa shape index (κ1) is 12.6. The molecule has 1 heterocycles. The van der Waals surface area contributed by atoms with Crippen molar-refractivity contribution >= 4 is 0 Å². The van der Waals surface area contributed by atoms with Crippen molar-refractivity contribution in [2.45, 2.75) is 69.9 Å². The molecule has 1 atom stereocenters. The van der Waals surface area contributed by atoms with E-state index < -0.39 is 0 Å². The van der Waals surface area contributed by atoms with Crippen molar-refractivity contribution in [1.82, 2.24) is 10.2 Å². The highest BCUT2D eigenvalue weighted by molar-refractivity contribution is 5.08. The average molecular weight is 262 g/mol. The van der Waals surface area contributed by atoms with Crippen molar-refractivity contribution < 1.29 is 0 Å². The van der Waals surface area contributed by atoms with Crippen LogP contribution in [0.15, 0.2) is 0 Å². The van der Waals surface area contributed by atoms with Gasteiger partial charge in [0.1, 0.15) is 0 Å². The molecule has 2 heteroatoms. The van der Waals surface area contributed by atoms with Crippen LogP contribution >= 0.6 is 0 Å². The van der Waals surface area contributed by atoms with E-state index in [9.17, 15) is 0 Å². The van der Waals surface area contributed by atoms with Crippen LogP contribution in [0.4, 0.5) is 0 Å². The molecule has 1 aliphatic heterocycles. The van der Waals surface area contributed by atoms with Crippen molar-refractivity contribution in [3.63, 3.8) is 0 Å². The molecule has 1 N–H and O–H groups in total. The fourth-order valence-corrected chi connectivity index (χ4v) is 6.25. The zero-order valence-electron chi connectivity index (χ0n) is 12.5. The summed E-state index contributed by atoms with van der Waals surface area (Å²) in [5.41, 5.74) is 0.642. The van der Waals surface area contributed by atoms with Gasteiger partial charge in [0, 0.05) is 31.2 Å². The van der Waals surface area contributed by atoms with Crippen LogP contribution in [0, 0.1) is 17.8 Å². The lowest BCUT2D eigenvalue weighted by atomic mass is 9.52. The van der Waals surface area contributed by atoms with E-state index in [0.29, 0.717) is 5.54 Å². The lowest BCUT2D eigenvalue weighted by Crippen LogP contribution is -2.65. The Labute approximate surface area is 118 Å². The van der Waals surface area contributed by atoms with E-state index >= 15 is 0 Å². The Bertz CT molecular complexity index is 301. The van der Waals surface area contributed by atoms with E-state index in [1.54, 1.807) is 38.5 Å². The van der Waals surface area contributed by atoms with Gasteiger partial charge in [-0.3, -0.25) is 4.90 Å². The Morgan fingerprint density at radius 3 is 2.26 bits per heavy atom. The molecular weight excluding hydrogens is 232 g/mol. The minimum Gasteiger partial charge on any atom is -0.311 e. The predicted octanol–water partition coefficient (Wildman–Crippen LogP) is 3.03. The second-order valence-electron chi connectivity index (χ2n) is 8.03. The topological polar surface area (TPSA) is 15.3 Å². The van der Waals surface area contributed by atoms with Gasteiger partial charge >= 0.3 is 0 Å². The molecule has 19 heavy (non-hydrogen) atoms. The van der Waals surface area contributed by atoms with Crippen molar-refractivity contribution in [3.05, 3.63) is 0 Å². The quantitative estimate of drug-likeness (QED) is 0.841.